The minimum atomic E-state index is -5.08. The van der Waals surface area contributed by atoms with Gasteiger partial charge in [-0.2, -0.15) is 13.2 Å². The second-order valence-corrected chi connectivity index (χ2v) is 8.21. The number of piperidine rings is 1. The van der Waals surface area contributed by atoms with Crippen LogP contribution in [0, 0.1) is 5.92 Å². The van der Waals surface area contributed by atoms with Crippen molar-refractivity contribution < 1.29 is 43.2 Å². The van der Waals surface area contributed by atoms with Gasteiger partial charge in [-0.3, -0.25) is 4.79 Å². The number of phenolic OH excluding ortho intramolecular Hbond substituents is 1. The van der Waals surface area contributed by atoms with Gasteiger partial charge in [-0.1, -0.05) is 23.2 Å². The number of carbonyl (C=O) groups is 2. The van der Waals surface area contributed by atoms with Gasteiger partial charge in [0.2, 0.25) is 0 Å². The van der Waals surface area contributed by atoms with Crippen molar-refractivity contribution >= 4 is 35.1 Å². The highest BCUT2D eigenvalue weighted by Gasteiger charge is 2.38. The predicted octanol–water partition coefficient (Wildman–Crippen LogP) is 2.53. The molecule has 1 aromatic rings. The van der Waals surface area contributed by atoms with Crippen LogP contribution in [0.4, 0.5) is 13.2 Å². The lowest BCUT2D eigenvalue weighted by Crippen LogP contribution is -2.46. The summed E-state index contributed by atoms with van der Waals surface area (Å²) in [4.78, 5) is 24.5. The molecule has 0 aromatic heterocycles. The number of hydrogen-bond donors (Lipinski definition) is 4. The van der Waals surface area contributed by atoms with Gasteiger partial charge >= 0.3 is 12.1 Å². The number of nitrogens with zero attached hydrogens (tertiary/aromatic N) is 2. The second-order valence-electron chi connectivity index (χ2n) is 7.40. The fraction of sp³-hybridized carbons (Fsp3) is 0.579. The summed E-state index contributed by atoms with van der Waals surface area (Å²) in [5.41, 5.74) is 0.708. The number of rotatable bonds is 5. The maximum atomic E-state index is 12.0. The molecule has 182 valence electrons. The molecule has 8 nitrogen and oxygen atoms in total. The smallest absolute Gasteiger partial charge is 0.490 e. The summed E-state index contributed by atoms with van der Waals surface area (Å²) in [6.45, 7) is 0.413. The van der Waals surface area contributed by atoms with E-state index in [0.29, 0.717) is 41.5 Å². The van der Waals surface area contributed by atoms with Crippen LogP contribution < -0.4 is 0 Å². The molecule has 1 aliphatic rings. The van der Waals surface area contributed by atoms with Gasteiger partial charge in [-0.05, 0) is 38.9 Å². The Bertz CT molecular complexity index is 802. The molecule has 1 aromatic carbocycles. The van der Waals surface area contributed by atoms with Gasteiger partial charge in [0.1, 0.15) is 5.75 Å². The van der Waals surface area contributed by atoms with Crippen molar-refractivity contribution in [2.45, 2.75) is 31.2 Å². The number of hydrogen-bond acceptors (Lipinski definition) is 6. The number of halogens is 5. The van der Waals surface area contributed by atoms with Crippen LogP contribution in [-0.2, 0) is 9.59 Å². The Kier molecular flexibility index (Phi) is 10.5. The zero-order valence-corrected chi connectivity index (χ0v) is 18.8. The van der Waals surface area contributed by atoms with Crippen LogP contribution in [-0.4, -0.2) is 88.2 Å². The highest BCUT2D eigenvalue weighted by atomic mass is 35.5. The van der Waals surface area contributed by atoms with Gasteiger partial charge in [0.05, 0.1) is 16.7 Å². The van der Waals surface area contributed by atoms with Gasteiger partial charge in [-0.25, -0.2) is 4.79 Å². The molecule has 1 aliphatic heterocycles. The Balaban J connectivity index is 0.000000633. The van der Waals surface area contributed by atoms with Gasteiger partial charge in [0.25, 0.3) is 5.91 Å². The Morgan fingerprint density at radius 3 is 2.06 bits per heavy atom. The minimum Gasteiger partial charge on any atom is -0.508 e. The zero-order chi connectivity index (χ0) is 24.8. The fourth-order valence-electron chi connectivity index (χ4n) is 3.47. The zero-order valence-electron chi connectivity index (χ0n) is 17.3. The molecule has 1 heterocycles. The molecule has 1 saturated heterocycles. The van der Waals surface area contributed by atoms with E-state index >= 15 is 0 Å². The Hall–Kier alpha value is -1.79. The predicted molar refractivity (Wildman–Crippen MR) is 111 cm³/mol. The number of carboxylic acids is 1. The first-order valence-corrected chi connectivity index (χ1v) is 10.2. The van der Waals surface area contributed by atoms with Crippen LogP contribution in [0.5, 0.6) is 5.75 Å². The summed E-state index contributed by atoms with van der Waals surface area (Å²) >= 11 is 12.1. The van der Waals surface area contributed by atoms with E-state index in [9.17, 15) is 28.2 Å². The number of benzene rings is 1. The van der Waals surface area contributed by atoms with Crippen molar-refractivity contribution in [1.29, 1.82) is 0 Å². The van der Waals surface area contributed by atoms with Gasteiger partial charge in [0, 0.05) is 30.8 Å². The number of carbonyl (C=O) groups excluding carboxylic acids is 1. The van der Waals surface area contributed by atoms with Crippen molar-refractivity contribution in [2.75, 3.05) is 33.8 Å². The maximum absolute atomic E-state index is 12.0. The van der Waals surface area contributed by atoms with Gasteiger partial charge < -0.3 is 30.2 Å². The first-order valence-electron chi connectivity index (χ1n) is 9.42. The Labute approximate surface area is 192 Å². The van der Waals surface area contributed by atoms with Crippen molar-refractivity contribution in [3.8, 4) is 5.75 Å². The summed E-state index contributed by atoms with van der Waals surface area (Å²) in [5, 5.41) is 36.6. The van der Waals surface area contributed by atoms with Crippen LogP contribution >= 0.6 is 23.2 Å². The van der Waals surface area contributed by atoms with Crippen LogP contribution in [0.1, 0.15) is 24.4 Å². The number of carboxylic acid groups (broad SMARTS) is 1. The number of alkyl halides is 3. The largest absolute Gasteiger partial charge is 0.508 e. The Morgan fingerprint density at radius 2 is 1.66 bits per heavy atom. The van der Waals surface area contributed by atoms with E-state index in [1.54, 1.807) is 11.0 Å². The van der Waals surface area contributed by atoms with E-state index in [4.69, 9.17) is 38.2 Å². The van der Waals surface area contributed by atoms with Crippen molar-refractivity contribution in [3.63, 3.8) is 0 Å². The molecule has 32 heavy (non-hydrogen) atoms. The summed E-state index contributed by atoms with van der Waals surface area (Å²) in [5.74, 6) is -2.90. The SMILES string of the molecule is CN(C)C(c1cc(Cl)c(Cl)cc1O)C1CCN(C(=O)[C@H](O)CO)CC1.O=C(O)C(F)(F)F. The molecule has 1 unspecified atom stereocenters. The fourth-order valence-corrected chi connectivity index (χ4v) is 3.80. The number of aliphatic carboxylic acids is 1. The third-order valence-corrected chi connectivity index (χ3v) is 5.67. The second kappa shape index (κ2) is 11.9. The molecule has 0 bridgehead atoms. The molecule has 2 rings (SSSR count). The van der Waals surface area contributed by atoms with E-state index < -0.39 is 30.8 Å². The molecule has 13 heteroatoms. The average Bonchev–Trinajstić information content (AvgIpc) is 2.70. The van der Waals surface area contributed by atoms with E-state index in [1.165, 1.54) is 6.07 Å². The summed E-state index contributed by atoms with van der Waals surface area (Å²) in [6, 6.07) is 3.07. The average molecular weight is 505 g/mol. The lowest BCUT2D eigenvalue weighted by Gasteiger charge is -2.39. The molecule has 1 fully saturated rings. The Morgan fingerprint density at radius 1 is 1.19 bits per heavy atom. The van der Waals surface area contributed by atoms with Crippen LogP contribution in [0.3, 0.4) is 0 Å². The number of likely N-dealkylation sites (tertiary alicyclic amines) is 1. The third kappa shape index (κ3) is 7.66. The number of aliphatic hydroxyl groups is 2. The van der Waals surface area contributed by atoms with E-state index in [1.807, 2.05) is 19.0 Å². The quantitative estimate of drug-likeness (QED) is 0.486. The van der Waals surface area contributed by atoms with Crippen LogP contribution in [0.25, 0.3) is 0 Å². The lowest BCUT2D eigenvalue weighted by atomic mass is 9.84. The van der Waals surface area contributed by atoms with Crippen LogP contribution in [0.2, 0.25) is 10.0 Å². The normalized spacial score (nSPS) is 16.9. The molecule has 0 aliphatic carbocycles. The number of amides is 1. The molecular formula is C19H25Cl2F3N2O6. The van der Waals surface area contributed by atoms with E-state index in [2.05, 4.69) is 0 Å². The molecular weight excluding hydrogens is 480 g/mol. The van der Waals surface area contributed by atoms with Gasteiger partial charge in [0.15, 0.2) is 6.10 Å². The van der Waals surface area contributed by atoms with Crippen molar-refractivity contribution in [1.82, 2.24) is 9.80 Å². The third-order valence-electron chi connectivity index (χ3n) is 4.94. The highest BCUT2D eigenvalue weighted by molar-refractivity contribution is 6.42. The first kappa shape index (κ1) is 28.2. The molecule has 1 amide bonds. The molecule has 0 spiro atoms. The standard InChI is InChI=1S/C17H24Cl2N2O4.C2HF3O2/c1-20(2)16(11-7-12(18)13(19)8-14(11)23)10-3-5-21(6-4-10)17(25)15(24)9-22;3-2(4,5)1(6)7/h7-8,10,15-16,22-24H,3-6,9H2,1-2H3;(H,6,7)/t15-,16?;/m1./s1. The van der Waals surface area contributed by atoms with E-state index in [-0.39, 0.29) is 17.7 Å². The minimum absolute atomic E-state index is 0.0743. The van der Waals surface area contributed by atoms with Crippen molar-refractivity contribution in [2.24, 2.45) is 5.92 Å². The highest BCUT2D eigenvalue weighted by Crippen LogP contribution is 2.41. The lowest BCUT2D eigenvalue weighted by molar-refractivity contribution is -0.192. The number of phenols is 1. The number of aliphatic hydroxyl groups excluding tert-OH is 2. The van der Waals surface area contributed by atoms with Crippen molar-refractivity contribution in [3.05, 3.63) is 27.7 Å². The summed E-state index contributed by atoms with van der Waals surface area (Å²) in [7, 11) is 3.86. The van der Waals surface area contributed by atoms with Crippen LogP contribution in [0.15, 0.2) is 12.1 Å². The summed E-state index contributed by atoms with van der Waals surface area (Å²) < 4.78 is 31.7. The first-order chi connectivity index (χ1) is 14.7. The molecule has 2 atom stereocenters. The van der Waals surface area contributed by atoms with Gasteiger partial charge in [-0.15, -0.1) is 0 Å². The molecule has 0 saturated carbocycles. The molecule has 0 radical (unpaired) electrons. The topological polar surface area (TPSA) is 122 Å². The monoisotopic (exact) mass is 504 g/mol. The number of aromatic hydroxyl groups is 1. The maximum Gasteiger partial charge on any atom is 0.490 e. The van der Waals surface area contributed by atoms with E-state index in [0.717, 1.165) is 0 Å². The molecule has 4 N–H and O–H groups in total. The summed E-state index contributed by atoms with van der Waals surface area (Å²) in [6.07, 6.45) is -5.01.